The lowest BCUT2D eigenvalue weighted by molar-refractivity contribution is -0.168. The Kier molecular flexibility index (Phi) is 26.2. The first kappa shape index (κ1) is 79.8. The van der Waals surface area contributed by atoms with Gasteiger partial charge in [0.1, 0.15) is 39.2 Å². The summed E-state index contributed by atoms with van der Waals surface area (Å²) in [4.78, 5) is 79.0. The predicted molar refractivity (Wildman–Crippen MR) is 385 cm³/mol. The number of esters is 7. The van der Waals surface area contributed by atoms with Gasteiger partial charge < -0.3 is 33.2 Å². The minimum Gasteiger partial charge on any atom is -0.457 e. The molecule has 0 aromatic heterocycles. The lowest BCUT2D eigenvalue weighted by Crippen LogP contribution is -2.47. The highest BCUT2D eigenvalue weighted by Crippen LogP contribution is 2.72. The van der Waals surface area contributed by atoms with Crippen LogP contribution in [0.25, 0.3) is 0 Å². The van der Waals surface area contributed by atoms with Gasteiger partial charge in [0.15, 0.2) is 0 Å². The SMILES string of the molecule is C=C(C)C(=O)OC1(C)CC2CC1C1C3CCC(C3)C21.C=C(C)C(=O)OC1(C)CC2CCC1C2.C=C(C)C(=O)OC1(CC)CC2CC1C1C3CCC(C3)C21.C=C(C)C(=O)OC1(CC)CC2CCC1C2.C=CC(=O)OC(C)(C)C.C=CC(=O)OC(C)(C)CC.C=CC(=O)OC1(C)CCCC1. The summed E-state index contributed by atoms with van der Waals surface area (Å²) in [6, 6.07) is 0. The molecule has 0 heterocycles. The summed E-state index contributed by atoms with van der Waals surface area (Å²) in [5.41, 5.74) is 0.441. The molecule has 548 valence electrons. The van der Waals surface area contributed by atoms with Gasteiger partial charge in [-0.1, -0.05) is 66.8 Å². The normalized spacial score (nSPS) is 36.8. The van der Waals surface area contributed by atoms with E-state index in [-0.39, 0.29) is 75.4 Å². The minimum atomic E-state index is -0.398. The number of rotatable bonds is 16. The highest BCUT2D eigenvalue weighted by molar-refractivity contribution is 5.89. The molecule has 13 aliphatic carbocycles. The summed E-state index contributed by atoms with van der Waals surface area (Å²) >= 11 is 0. The lowest BCUT2D eigenvalue weighted by atomic mass is 9.65. The molecule has 0 spiro atoms. The molecular weight excluding hydrogens is 1230 g/mol. The van der Waals surface area contributed by atoms with Crippen molar-refractivity contribution in [3.63, 3.8) is 0 Å². The highest BCUT2D eigenvalue weighted by Gasteiger charge is 2.69. The lowest BCUT2D eigenvalue weighted by Gasteiger charge is -2.45. The largest absolute Gasteiger partial charge is 0.457 e. The molecule has 98 heavy (non-hydrogen) atoms. The van der Waals surface area contributed by atoms with Crippen LogP contribution in [-0.4, -0.2) is 81.0 Å². The summed E-state index contributed by atoms with van der Waals surface area (Å²) in [5, 5.41) is 0. The number of hydrogen-bond acceptors (Lipinski definition) is 14. The molecule has 0 saturated heterocycles. The van der Waals surface area contributed by atoms with Crippen LogP contribution in [0, 0.1) is 94.7 Å². The molecule has 13 rings (SSSR count). The van der Waals surface area contributed by atoms with Crippen LogP contribution < -0.4 is 0 Å². The van der Waals surface area contributed by atoms with Crippen LogP contribution in [0.1, 0.15) is 264 Å². The number of fused-ring (bicyclic) bond motifs is 22. The zero-order valence-corrected chi connectivity index (χ0v) is 63.3. The maximum absolute atomic E-state index is 12.1. The molecule has 0 radical (unpaired) electrons. The van der Waals surface area contributed by atoms with Crippen molar-refractivity contribution >= 4 is 41.8 Å². The van der Waals surface area contributed by atoms with E-state index in [0.717, 1.165) is 135 Å². The van der Waals surface area contributed by atoms with Gasteiger partial charge in [0.25, 0.3) is 0 Å². The molecule has 14 nitrogen and oxygen atoms in total. The fourth-order valence-electron chi connectivity index (χ4n) is 21.4. The molecule has 20 unspecified atom stereocenters. The Bertz CT molecular complexity index is 2990. The molecule has 0 aromatic rings. The van der Waals surface area contributed by atoms with Gasteiger partial charge in [-0.15, -0.1) is 0 Å². The van der Waals surface area contributed by atoms with E-state index in [1.54, 1.807) is 27.7 Å². The number of ether oxygens (including phenoxy) is 7. The fourth-order valence-corrected chi connectivity index (χ4v) is 21.4. The highest BCUT2D eigenvalue weighted by atomic mass is 16.6. The number of carbonyl (C=O) groups is 7. The summed E-state index contributed by atoms with van der Waals surface area (Å²) in [7, 11) is 0. The molecule has 20 atom stereocenters. The van der Waals surface area contributed by atoms with E-state index in [2.05, 4.69) is 73.7 Å². The number of hydrogen-bond donors (Lipinski definition) is 0. The first-order chi connectivity index (χ1) is 45.8. The second kappa shape index (κ2) is 32.2. The topological polar surface area (TPSA) is 184 Å². The van der Waals surface area contributed by atoms with Crippen molar-refractivity contribution in [1.82, 2.24) is 0 Å². The molecule has 0 aliphatic heterocycles. The molecular formula is C84H128O14. The van der Waals surface area contributed by atoms with Crippen LogP contribution in [0.15, 0.2) is 86.6 Å². The van der Waals surface area contributed by atoms with Gasteiger partial charge >= 0.3 is 41.8 Å². The zero-order valence-electron chi connectivity index (χ0n) is 63.3. The van der Waals surface area contributed by atoms with Crippen LogP contribution >= 0.6 is 0 Å². The van der Waals surface area contributed by atoms with Crippen molar-refractivity contribution in [3.05, 3.63) is 86.6 Å². The summed E-state index contributed by atoms with van der Waals surface area (Å²) in [5.74, 6) is 11.5. The van der Waals surface area contributed by atoms with Gasteiger partial charge in [-0.2, -0.15) is 0 Å². The van der Waals surface area contributed by atoms with Gasteiger partial charge in [-0.3, -0.25) is 0 Å². The van der Waals surface area contributed by atoms with Crippen molar-refractivity contribution in [2.45, 2.75) is 304 Å². The Hall–Kier alpha value is -5.53. The molecule has 0 N–H and O–H groups in total. The third-order valence-corrected chi connectivity index (χ3v) is 26.0. The Balaban J connectivity index is 0.000000164. The quantitative estimate of drug-likeness (QED) is 0.0615. The maximum atomic E-state index is 12.1. The Morgan fingerprint density at radius 1 is 0.418 bits per heavy atom. The van der Waals surface area contributed by atoms with E-state index < -0.39 is 5.60 Å². The van der Waals surface area contributed by atoms with E-state index in [9.17, 15) is 33.6 Å². The van der Waals surface area contributed by atoms with Crippen LogP contribution in [0.5, 0.6) is 0 Å². The van der Waals surface area contributed by atoms with Gasteiger partial charge in [0.05, 0.1) is 0 Å². The third kappa shape index (κ3) is 18.6. The predicted octanol–water partition coefficient (Wildman–Crippen LogP) is 18.7. The smallest absolute Gasteiger partial charge is 0.333 e. The van der Waals surface area contributed by atoms with Gasteiger partial charge in [-0.25, -0.2) is 33.6 Å². The molecule has 13 fully saturated rings. The van der Waals surface area contributed by atoms with Crippen LogP contribution in [-0.2, 0) is 66.7 Å². The average Bonchev–Trinajstić information content (AvgIpc) is 1.55. The third-order valence-electron chi connectivity index (χ3n) is 26.0. The Labute approximate surface area is 590 Å². The van der Waals surface area contributed by atoms with E-state index in [1.807, 2.05) is 48.5 Å². The number of carbonyl (C=O) groups excluding carboxylic acids is 7. The molecule has 12 bridgehead atoms. The molecule has 13 saturated carbocycles. The van der Waals surface area contributed by atoms with Crippen LogP contribution in [0.3, 0.4) is 0 Å². The van der Waals surface area contributed by atoms with Crippen molar-refractivity contribution < 1.29 is 66.7 Å². The summed E-state index contributed by atoms with van der Waals surface area (Å²) in [6.45, 7) is 53.3. The van der Waals surface area contributed by atoms with E-state index in [4.69, 9.17) is 33.2 Å². The van der Waals surface area contributed by atoms with Crippen molar-refractivity contribution in [2.75, 3.05) is 0 Å². The Morgan fingerprint density at radius 2 is 0.827 bits per heavy atom. The van der Waals surface area contributed by atoms with Gasteiger partial charge in [0, 0.05) is 52.4 Å². The monoisotopic (exact) mass is 1360 g/mol. The first-order valence-corrected chi connectivity index (χ1v) is 37.9. The first-order valence-electron chi connectivity index (χ1n) is 37.9. The van der Waals surface area contributed by atoms with Crippen LogP contribution in [0.2, 0.25) is 0 Å². The molecule has 0 aromatic carbocycles. The second-order valence-corrected chi connectivity index (χ2v) is 34.6. The van der Waals surface area contributed by atoms with Crippen LogP contribution in [0.4, 0.5) is 0 Å². The zero-order chi connectivity index (χ0) is 72.8. The summed E-state index contributed by atoms with van der Waals surface area (Å²) in [6.07, 6.45) is 34.0. The van der Waals surface area contributed by atoms with E-state index >= 15 is 0 Å². The maximum Gasteiger partial charge on any atom is 0.333 e. The minimum absolute atomic E-state index is 0.154. The Morgan fingerprint density at radius 3 is 1.22 bits per heavy atom. The second-order valence-electron chi connectivity index (χ2n) is 34.6. The van der Waals surface area contributed by atoms with Crippen molar-refractivity contribution in [1.29, 1.82) is 0 Å². The molecule has 13 aliphatic rings. The standard InChI is InChI=1S/C18H26O2.C17H24O2.C13H20O2.C12H18O2.C9H14O2.C8H14O2.C7H12O2/c1-4-18(20-17(19)10(2)3)9-13-8-14(18)16-12-6-5-11(7-12)15(13)16;1-9(2)16(18)19-17(3)8-12-7-13(17)15-11-5-4-10(6-11)14(12)15;1-4-13(15-12(14)9(2)3)8-10-5-6-11(13)7-10;1-8(2)11(13)14-12(3)7-9-4-5-10(12)6-9;1-3-8(10)11-9(2)6-4-5-7-9;1-5-7(9)10-8(3,4)6-2;1-5-6(8)9-7(2,3)4/h11-16H,2,4-9H2,1,3H3;10-15H,1,4-8H2,2-3H3;10-11H,2,4-8H2,1,3H3;9-10H,1,4-7H2,2-3H3;3H,1,4-7H2,2H3;5H,1,6H2,2-4H3;5H,1H2,2-4H3. The molecule has 0 amide bonds. The van der Waals surface area contributed by atoms with Gasteiger partial charge in [-0.05, 0) is 326 Å². The van der Waals surface area contributed by atoms with Gasteiger partial charge in [0.2, 0.25) is 0 Å². The van der Waals surface area contributed by atoms with E-state index in [0.29, 0.717) is 46.0 Å². The molecule has 14 heteroatoms. The van der Waals surface area contributed by atoms with E-state index in [1.165, 1.54) is 115 Å². The average molecular weight is 1360 g/mol. The van der Waals surface area contributed by atoms with Crippen molar-refractivity contribution in [2.24, 2.45) is 94.7 Å². The summed E-state index contributed by atoms with van der Waals surface area (Å²) < 4.78 is 38.2. The van der Waals surface area contributed by atoms with Crippen molar-refractivity contribution in [3.8, 4) is 0 Å². The fraction of sp³-hybridized carbons (Fsp3) is 0.750.